The van der Waals surface area contributed by atoms with E-state index in [9.17, 15) is 0 Å². The van der Waals surface area contributed by atoms with Crippen molar-refractivity contribution in [2.24, 2.45) is 5.41 Å². The summed E-state index contributed by atoms with van der Waals surface area (Å²) in [4.78, 5) is 5.12. The predicted octanol–water partition coefficient (Wildman–Crippen LogP) is 3.99. The summed E-state index contributed by atoms with van der Waals surface area (Å²) in [6, 6.07) is 0.779. The van der Waals surface area contributed by atoms with Gasteiger partial charge in [-0.1, -0.05) is 42.6 Å². The Morgan fingerprint density at radius 1 is 1.26 bits per heavy atom. The van der Waals surface area contributed by atoms with E-state index in [2.05, 4.69) is 53.7 Å². The van der Waals surface area contributed by atoms with Gasteiger partial charge in [0.2, 0.25) is 0 Å². The third-order valence-electron chi connectivity index (χ3n) is 4.64. The van der Waals surface area contributed by atoms with Crippen LogP contribution in [0.25, 0.3) is 0 Å². The van der Waals surface area contributed by atoms with Crippen LogP contribution in [0.2, 0.25) is 0 Å². The van der Waals surface area contributed by atoms with Gasteiger partial charge in [-0.05, 0) is 51.7 Å². The van der Waals surface area contributed by atoms with Crippen molar-refractivity contribution in [3.63, 3.8) is 0 Å². The van der Waals surface area contributed by atoms with Gasteiger partial charge in [0.05, 0.1) is 0 Å². The molecule has 114 valence electrons. The number of rotatable bonds is 9. The lowest BCUT2D eigenvalue weighted by atomic mass is 9.80. The van der Waals surface area contributed by atoms with Crippen molar-refractivity contribution < 1.29 is 0 Å². The second kappa shape index (κ2) is 8.63. The third-order valence-corrected chi connectivity index (χ3v) is 5.83. The Bertz CT molecular complexity index is 239. The zero-order valence-corrected chi connectivity index (χ0v) is 15.0. The van der Waals surface area contributed by atoms with Gasteiger partial charge in [0, 0.05) is 24.5 Å². The Balaban J connectivity index is 2.51. The lowest BCUT2D eigenvalue weighted by Crippen LogP contribution is -2.43. The molecule has 0 aromatic rings. The predicted molar refractivity (Wildman–Crippen MR) is 89.2 cm³/mol. The van der Waals surface area contributed by atoms with Crippen molar-refractivity contribution in [1.82, 2.24) is 9.80 Å². The fourth-order valence-electron chi connectivity index (χ4n) is 3.73. The molecule has 0 radical (unpaired) electrons. The van der Waals surface area contributed by atoms with Crippen molar-refractivity contribution in [2.75, 3.05) is 39.1 Å². The van der Waals surface area contributed by atoms with E-state index in [0.29, 0.717) is 5.41 Å². The summed E-state index contributed by atoms with van der Waals surface area (Å²) in [6.45, 7) is 8.39. The fourth-order valence-corrected chi connectivity index (χ4v) is 4.46. The number of likely N-dealkylation sites (tertiary alicyclic amines) is 1. The Kier molecular flexibility index (Phi) is 7.93. The summed E-state index contributed by atoms with van der Waals surface area (Å²) in [5.74, 6) is 0. The number of alkyl halides is 1. The largest absolute Gasteiger partial charge is 0.304 e. The molecule has 1 unspecified atom stereocenters. The average Bonchev–Trinajstić information content (AvgIpc) is 2.75. The smallest absolute Gasteiger partial charge is 0.0220 e. The normalized spacial score (nSPS) is 21.5. The second-order valence-electron chi connectivity index (χ2n) is 6.61. The van der Waals surface area contributed by atoms with Crippen LogP contribution in [0.3, 0.4) is 0 Å². The van der Waals surface area contributed by atoms with E-state index in [0.717, 1.165) is 11.4 Å². The van der Waals surface area contributed by atoms with Gasteiger partial charge >= 0.3 is 0 Å². The molecule has 0 aliphatic carbocycles. The van der Waals surface area contributed by atoms with Crippen molar-refractivity contribution >= 4 is 15.9 Å². The highest BCUT2D eigenvalue weighted by Crippen LogP contribution is 2.33. The van der Waals surface area contributed by atoms with Crippen molar-refractivity contribution in [3.05, 3.63) is 0 Å². The summed E-state index contributed by atoms with van der Waals surface area (Å²) in [5.41, 5.74) is 0.482. The van der Waals surface area contributed by atoms with Crippen molar-refractivity contribution in [1.29, 1.82) is 0 Å². The van der Waals surface area contributed by atoms with Crippen LogP contribution in [-0.2, 0) is 0 Å². The van der Waals surface area contributed by atoms with Gasteiger partial charge in [-0.25, -0.2) is 0 Å². The van der Waals surface area contributed by atoms with Gasteiger partial charge in [0.25, 0.3) is 0 Å². The molecule has 19 heavy (non-hydrogen) atoms. The van der Waals surface area contributed by atoms with E-state index >= 15 is 0 Å². The Morgan fingerprint density at radius 2 is 1.89 bits per heavy atom. The van der Waals surface area contributed by atoms with Crippen LogP contribution in [0.4, 0.5) is 0 Å². The van der Waals surface area contributed by atoms with Gasteiger partial charge in [0.1, 0.15) is 0 Å². The molecule has 0 amide bonds. The molecule has 1 aliphatic heterocycles. The fraction of sp³-hybridized carbons (Fsp3) is 1.00. The quantitative estimate of drug-likeness (QED) is 0.589. The van der Waals surface area contributed by atoms with Gasteiger partial charge in [-0.15, -0.1) is 0 Å². The highest BCUT2D eigenvalue weighted by atomic mass is 79.9. The standard InChI is InChI=1S/C16H33BrN2/c1-5-9-16(13-17,10-6-2)14-18(3)12-15-8-7-11-19(15)4/h15H,5-14H2,1-4H3. The Morgan fingerprint density at radius 3 is 2.32 bits per heavy atom. The van der Waals surface area contributed by atoms with Crippen LogP contribution in [0.5, 0.6) is 0 Å². The first-order valence-electron chi connectivity index (χ1n) is 8.01. The highest BCUT2D eigenvalue weighted by Gasteiger charge is 2.30. The minimum absolute atomic E-state index is 0.482. The Hall–Kier alpha value is 0.400. The van der Waals surface area contributed by atoms with E-state index < -0.39 is 0 Å². The molecule has 2 nitrogen and oxygen atoms in total. The molecule has 0 spiro atoms. The van der Waals surface area contributed by atoms with E-state index in [1.54, 1.807) is 0 Å². The van der Waals surface area contributed by atoms with Crippen molar-refractivity contribution in [3.8, 4) is 0 Å². The summed E-state index contributed by atoms with van der Waals surface area (Å²) in [7, 11) is 4.59. The molecule has 0 saturated carbocycles. The number of hydrogen-bond acceptors (Lipinski definition) is 2. The number of halogens is 1. The summed E-state index contributed by atoms with van der Waals surface area (Å²) < 4.78 is 0. The molecular formula is C16H33BrN2. The highest BCUT2D eigenvalue weighted by molar-refractivity contribution is 9.09. The summed E-state index contributed by atoms with van der Waals surface area (Å²) in [5, 5.41) is 1.15. The first-order valence-corrected chi connectivity index (χ1v) is 9.13. The van der Waals surface area contributed by atoms with E-state index in [1.807, 2.05) is 0 Å². The molecule has 1 rings (SSSR count). The lowest BCUT2D eigenvalue weighted by Gasteiger charge is -2.37. The SMILES string of the molecule is CCCC(CBr)(CCC)CN(C)CC1CCCN1C. The molecule has 1 fully saturated rings. The average molecular weight is 333 g/mol. The van der Waals surface area contributed by atoms with Gasteiger partial charge < -0.3 is 9.80 Å². The Labute approximate surface area is 129 Å². The maximum atomic E-state index is 3.79. The first-order chi connectivity index (χ1) is 9.06. The van der Waals surface area contributed by atoms with Gasteiger partial charge in [-0.3, -0.25) is 0 Å². The van der Waals surface area contributed by atoms with Crippen LogP contribution in [-0.4, -0.2) is 54.9 Å². The monoisotopic (exact) mass is 332 g/mol. The topological polar surface area (TPSA) is 6.48 Å². The van der Waals surface area contributed by atoms with Crippen LogP contribution in [0, 0.1) is 5.41 Å². The minimum atomic E-state index is 0.482. The van der Waals surface area contributed by atoms with Crippen LogP contribution in [0.15, 0.2) is 0 Å². The van der Waals surface area contributed by atoms with E-state index in [1.165, 1.54) is 58.2 Å². The van der Waals surface area contributed by atoms with Crippen LogP contribution in [0.1, 0.15) is 52.4 Å². The second-order valence-corrected chi connectivity index (χ2v) is 7.17. The molecule has 1 heterocycles. The molecule has 0 N–H and O–H groups in total. The molecule has 0 aromatic heterocycles. The summed E-state index contributed by atoms with van der Waals surface area (Å²) >= 11 is 3.79. The maximum Gasteiger partial charge on any atom is 0.0220 e. The molecule has 3 heteroatoms. The zero-order valence-electron chi connectivity index (χ0n) is 13.4. The van der Waals surface area contributed by atoms with Gasteiger partial charge in [-0.2, -0.15) is 0 Å². The number of hydrogen-bond donors (Lipinski definition) is 0. The maximum absolute atomic E-state index is 3.79. The zero-order chi connectivity index (χ0) is 14.3. The number of nitrogens with zero attached hydrogens (tertiary/aromatic N) is 2. The lowest BCUT2D eigenvalue weighted by molar-refractivity contribution is 0.142. The first kappa shape index (κ1) is 17.5. The summed E-state index contributed by atoms with van der Waals surface area (Å²) in [6.07, 6.45) is 8.03. The van der Waals surface area contributed by atoms with Gasteiger partial charge in [0.15, 0.2) is 0 Å². The molecular weight excluding hydrogens is 300 g/mol. The van der Waals surface area contributed by atoms with E-state index in [4.69, 9.17) is 0 Å². The van der Waals surface area contributed by atoms with Crippen LogP contribution >= 0.6 is 15.9 Å². The molecule has 1 aliphatic rings. The molecule has 0 bridgehead atoms. The van der Waals surface area contributed by atoms with Crippen molar-refractivity contribution in [2.45, 2.75) is 58.4 Å². The number of likely N-dealkylation sites (N-methyl/N-ethyl adjacent to an activating group) is 2. The molecule has 1 atom stereocenters. The van der Waals surface area contributed by atoms with E-state index in [-0.39, 0.29) is 0 Å². The third kappa shape index (κ3) is 5.35. The minimum Gasteiger partial charge on any atom is -0.304 e. The van der Waals surface area contributed by atoms with Crippen LogP contribution < -0.4 is 0 Å². The molecule has 0 aromatic carbocycles. The molecule has 1 saturated heterocycles.